The van der Waals surface area contributed by atoms with Crippen LogP contribution in [0.4, 0.5) is 14.0 Å². The van der Waals surface area contributed by atoms with Gasteiger partial charge in [-0.15, -0.1) is 0 Å². The fourth-order valence-electron chi connectivity index (χ4n) is 4.57. The van der Waals surface area contributed by atoms with Crippen LogP contribution in [0.3, 0.4) is 0 Å². The SMILES string of the molecule is O=C1OCC2(CCN(C(=O)NCC3(c4ccc(F)cc4)CCCC3)CC2)O1. The number of carbonyl (C=O) groups excluding carboxylic acids is 2. The minimum atomic E-state index is -0.615. The third kappa shape index (κ3) is 3.59. The molecule has 1 aromatic rings. The number of hydrogen-bond acceptors (Lipinski definition) is 4. The molecule has 1 aliphatic carbocycles. The fraction of sp³-hybridized carbons (Fsp3) is 0.600. The number of halogens is 1. The van der Waals surface area contributed by atoms with Crippen molar-refractivity contribution in [1.29, 1.82) is 0 Å². The van der Waals surface area contributed by atoms with Crippen LogP contribution < -0.4 is 5.32 Å². The lowest BCUT2D eigenvalue weighted by Gasteiger charge is -2.37. The van der Waals surface area contributed by atoms with Crippen molar-refractivity contribution in [2.75, 3.05) is 26.2 Å². The Morgan fingerprint density at radius 1 is 1.11 bits per heavy atom. The molecule has 0 unspecified atom stereocenters. The highest BCUT2D eigenvalue weighted by Crippen LogP contribution is 2.40. The average molecular weight is 376 g/mol. The highest BCUT2D eigenvalue weighted by Gasteiger charge is 2.45. The number of rotatable bonds is 3. The molecule has 1 N–H and O–H groups in total. The minimum absolute atomic E-state index is 0.0940. The molecule has 4 rings (SSSR count). The highest BCUT2D eigenvalue weighted by molar-refractivity contribution is 5.74. The van der Waals surface area contributed by atoms with Gasteiger partial charge in [0, 0.05) is 37.9 Å². The van der Waals surface area contributed by atoms with E-state index in [1.54, 1.807) is 4.90 Å². The van der Waals surface area contributed by atoms with Gasteiger partial charge in [-0.2, -0.15) is 0 Å². The second-order valence-corrected chi connectivity index (χ2v) is 7.96. The van der Waals surface area contributed by atoms with Crippen molar-refractivity contribution in [3.63, 3.8) is 0 Å². The standard InChI is InChI=1S/C20H25FN2O4/c21-16-5-3-15(4-6-16)19(7-1-2-8-19)13-22-17(24)23-11-9-20(10-12-23)14-26-18(25)27-20/h3-6H,1-2,7-14H2,(H,22,24). The Labute approximate surface area is 158 Å². The van der Waals surface area contributed by atoms with Gasteiger partial charge in [0.25, 0.3) is 0 Å². The molecule has 0 radical (unpaired) electrons. The predicted molar refractivity (Wildman–Crippen MR) is 95.9 cm³/mol. The number of nitrogens with one attached hydrogen (secondary N) is 1. The van der Waals surface area contributed by atoms with Crippen molar-refractivity contribution in [2.45, 2.75) is 49.5 Å². The van der Waals surface area contributed by atoms with Crippen molar-refractivity contribution in [1.82, 2.24) is 10.2 Å². The van der Waals surface area contributed by atoms with E-state index in [-0.39, 0.29) is 23.9 Å². The van der Waals surface area contributed by atoms with E-state index in [0.717, 1.165) is 31.2 Å². The molecular formula is C20H25FN2O4. The van der Waals surface area contributed by atoms with Gasteiger partial charge in [0.1, 0.15) is 12.4 Å². The Kier molecular flexibility index (Phi) is 4.70. The van der Waals surface area contributed by atoms with Crippen molar-refractivity contribution in [3.05, 3.63) is 35.6 Å². The summed E-state index contributed by atoms with van der Waals surface area (Å²) in [6.45, 7) is 1.89. The Hall–Kier alpha value is -2.31. The number of nitrogens with zero attached hydrogens (tertiary/aromatic N) is 1. The lowest BCUT2D eigenvalue weighted by molar-refractivity contribution is 0.00925. The van der Waals surface area contributed by atoms with Crippen LogP contribution in [0.5, 0.6) is 0 Å². The summed E-state index contributed by atoms with van der Waals surface area (Å²) in [6, 6.07) is 6.57. The first-order valence-electron chi connectivity index (χ1n) is 9.65. The Bertz CT molecular complexity index is 707. The molecule has 0 bridgehead atoms. The third-order valence-corrected chi connectivity index (χ3v) is 6.31. The van der Waals surface area contributed by atoms with Crippen LogP contribution in [0.1, 0.15) is 44.1 Å². The molecular weight excluding hydrogens is 351 g/mol. The van der Waals surface area contributed by atoms with Crippen LogP contribution >= 0.6 is 0 Å². The fourth-order valence-corrected chi connectivity index (χ4v) is 4.57. The van der Waals surface area contributed by atoms with Crippen LogP contribution in [0.2, 0.25) is 0 Å². The maximum absolute atomic E-state index is 13.3. The number of hydrogen-bond donors (Lipinski definition) is 1. The van der Waals surface area contributed by atoms with Crippen molar-refractivity contribution in [2.24, 2.45) is 0 Å². The maximum Gasteiger partial charge on any atom is 0.509 e. The van der Waals surface area contributed by atoms with E-state index < -0.39 is 11.8 Å². The molecule has 27 heavy (non-hydrogen) atoms. The second-order valence-electron chi connectivity index (χ2n) is 7.96. The van der Waals surface area contributed by atoms with Gasteiger partial charge in [0.15, 0.2) is 5.60 Å². The van der Waals surface area contributed by atoms with Crippen LogP contribution in [0, 0.1) is 5.82 Å². The lowest BCUT2D eigenvalue weighted by atomic mass is 9.79. The topological polar surface area (TPSA) is 67.9 Å². The molecule has 2 aliphatic heterocycles. The Morgan fingerprint density at radius 3 is 2.37 bits per heavy atom. The summed E-state index contributed by atoms with van der Waals surface area (Å²) in [5.74, 6) is -0.241. The monoisotopic (exact) mass is 376 g/mol. The van der Waals surface area contributed by atoms with Crippen molar-refractivity contribution < 1.29 is 23.5 Å². The summed E-state index contributed by atoms with van der Waals surface area (Å²) in [7, 11) is 0. The van der Waals surface area contributed by atoms with E-state index in [1.165, 1.54) is 12.1 Å². The molecule has 3 fully saturated rings. The maximum atomic E-state index is 13.3. The molecule has 2 saturated heterocycles. The normalized spacial score (nSPS) is 23.1. The van der Waals surface area contributed by atoms with Gasteiger partial charge in [-0.1, -0.05) is 25.0 Å². The zero-order valence-electron chi connectivity index (χ0n) is 15.3. The summed E-state index contributed by atoms with van der Waals surface area (Å²) in [5.41, 5.74) is 0.415. The van der Waals surface area contributed by atoms with E-state index >= 15 is 0 Å². The molecule has 2 amide bonds. The molecule has 0 atom stereocenters. The first-order chi connectivity index (χ1) is 13.0. The molecule has 1 saturated carbocycles. The van der Waals surface area contributed by atoms with Crippen LogP contribution in [-0.4, -0.2) is 48.9 Å². The van der Waals surface area contributed by atoms with Crippen LogP contribution in [-0.2, 0) is 14.9 Å². The van der Waals surface area contributed by atoms with E-state index in [4.69, 9.17) is 9.47 Å². The number of likely N-dealkylation sites (tertiary alicyclic amines) is 1. The van der Waals surface area contributed by atoms with Crippen LogP contribution in [0.15, 0.2) is 24.3 Å². The quantitative estimate of drug-likeness (QED) is 0.822. The van der Waals surface area contributed by atoms with Gasteiger partial charge in [0.05, 0.1) is 0 Å². The molecule has 0 aromatic heterocycles. The van der Waals surface area contributed by atoms with E-state index in [1.807, 2.05) is 12.1 Å². The van der Waals surface area contributed by atoms with Crippen molar-refractivity contribution in [3.8, 4) is 0 Å². The molecule has 7 heteroatoms. The van der Waals surface area contributed by atoms with E-state index in [2.05, 4.69) is 5.32 Å². The minimum Gasteiger partial charge on any atom is -0.430 e. The van der Waals surface area contributed by atoms with Crippen LogP contribution in [0.25, 0.3) is 0 Å². The Balaban J connectivity index is 1.35. The number of carbonyl (C=O) groups is 2. The number of urea groups is 1. The zero-order chi connectivity index (χ0) is 18.9. The Morgan fingerprint density at radius 2 is 1.78 bits per heavy atom. The molecule has 1 spiro atoms. The van der Waals surface area contributed by atoms with Gasteiger partial charge in [-0.05, 0) is 30.5 Å². The van der Waals surface area contributed by atoms with Gasteiger partial charge >= 0.3 is 12.2 Å². The van der Waals surface area contributed by atoms with Gasteiger partial charge in [-0.3, -0.25) is 0 Å². The average Bonchev–Trinajstić information content (AvgIpc) is 3.29. The van der Waals surface area contributed by atoms with Gasteiger partial charge in [-0.25, -0.2) is 14.0 Å². The molecule has 6 nitrogen and oxygen atoms in total. The number of piperidine rings is 1. The first-order valence-corrected chi connectivity index (χ1v) is 9.65. The third-order valence-electron chi connectivity index (χ3n) is 6.31. The number of ether oxygens (including phenoxy) is 2. The molecule has 1 aromatic carbocycles. The summed E-state index contributed by atoms with van der Waals surface area (Å²) in [5, 5.41) is 3.09. The lowest BCUT2D eigenvalue weighted by Crippen LogP contribution is -2.52. The van der Waals surface area contributed by atoms with E-state index in [9.17, 15) is 14.0 Å². The summed E-state index contributed by atoms with van der Waals surface area (Å²) in [6.07, 6.45) is 4.79. The summed E-state index contributed by atoms with van der Waals surface area (Å²) in [4.78, 5) is 25.6. The number of amides is 2. The first kappa shape index (κ1) is 18.1. The largest absolute Gasteiger partial charge is 0.509 e. The van der Waals surface area contributed by atoms with Gasteiger partial charge < -0.3 is 19.7 Å². The number of benzene rings is 1. The second kappa shape index (κ2) is 7.02. The molecule has 3 aliphatic rings. The molecule has 2 heterocycles. The molecule has 146 valence electrons. The highest BCUT2D eigenvalue weighted by atomic mass is 19.1. The predicted octanol–water partition coefficient (Wildman–Crippen LogP) is 3.35. The van der Waals surface area contributed by atoms with Crippen molar-refractivity contribution >= 4 is 12.2 Å². The smallest absolute Gasteiger partial charge is 0.430 e. The van der Waals surface area contributed by atoms with E-state index in [0.29, 0.717) is 32.5 Å². The summed E-state index contributed by atoms with van der Waals surface area (Å²) >= 11 is 0. The van der Waals surface area contributed by atoms with Gasteiger partial charge in [0.2, 0.25) is 0 Å². The number of cyclic esters (lactones) is 1. The zero-order valence-corrected chi connectivity index (χ0v) is 15.3. The summed E-state index contributed by atoms with van der Waals surface area (Å²) < 4.78 is 23.5.